The predicted octanol–water partition coefficient (Wildman–Crippen LogP) is 5.70. The first-order valence-corrected chi connectivity index (χ1v) is 8.08. The molecule has 1 N–H and O–H groups in total. The molecule has 0 saturated heterocycles. The molecule has 2 aromatic rings. The Balaban J connectivity index is 2.28. The minimum atomic E-state index is 0.421. The first-order valence-electron chi connectivity index (χ1n) is 6.91. The number of rotatable bonds is 5. The Morgan fingerprint density at radius 1 is 1.14 bits per heavy atom. The second kappa shape index (κ2) is 7.30. The molecule has 0 amide bonds. The van der Waals surface area contributed by atoms with Gasteiger partial charge in [-0.3, -0.25) is 0 Å². The summed E-state index contributed by atoms with van der Waals surface area (Å²) in [5.74, 6) is 1.63. The molecule has 0 spiro atoms. The van der Waals surface area contributed by atoms with Crippen molar-refractivity contribution >= 4 is 27.5 Å². The second-order valence-electron chi connectivity index (χ2n) is 5.30. The van der Waals surface area contributed by atoms with Gasteiger partial charge in [0.1, 0.15) is 11.5 Å². The molecule has 0 aliphatic heterocycles. The van der Waals surface area contributed by atoms with Crippen molar-refractivity contribution in [3.63, 3.8) is 0 Å². The van der Waals surface area contributed by atoms with E-state index in [2.05, 4.69) is 41.2 Å². The van der Waals surface area contributed by atoms with E-state index in [1.807, 2.05) is 37.3 Å². The van der Waals surface area contributed by atoms with Crippen molar-refractivity contribution in [2.75, 3.05) is 0 Å². The van der Waals surface area contributed by atoms with Crippen LogP contribution < -0.4 is 10.1 Å². The SMILES string of the molecule is Cc1ccc(Cl)cc1Oc1ccc(Br)cc1CNC(C)C. The minimum Gasteiger partial charge on any atom is -0.457 e. The fraction of sp³-hybridized carbons (Fsp3) is 0.294. The quantitative estimate of drug-likeness (QED) is 0.730. The van der Waals surface area contributed by atoms with Gasteiger partial charge in [0.25, 0.3) is 0 Å². The van der Waals surface area contributed by atoms with Crippen molar-refractivity contribution in [2.24, 2.45) is 0 Å². The molecule has 0 atom stereocenters. The molecule has 2 nitrogen and oxygen atoms in total. The number of hydrogen-bond donors (Lipinski definition) is 1. The summed E-state index contributed by atoms with van der Waals surface area (Å²) in [5, 5.41) is 4.09. The first-order chi connectivity index (χ1) is 9.95. The molecule has 0 aliphatic rings. The van der Waals surface area contributed by atoms with Crippen LogP contribution in [0, 0.1) is 6.92 Å². The number of halogens is 2. The van der Waals surface area contributed by atoms with Crippen LogP contribution in [-0.2, 0) is 6.54 Å². The number of ether oxygens (including phenoxy) is 1. The minimum absolute atomic E-state index is 0.421. The third-order valence-corrected chi connectivity index (χ3v) is 3.82. The van der Waals surface area contributed by atoms with E-state index in [9.17, 15) is 0 Å². The highest BCUT2D eigenvalue weighted by molar-refractivity contribution is 9.10. The lowest BCUT2D eigenvalue weighted by atomic mass is 10.2. The number of nitrogens with one attached hydrogen (secondary N) is 1. The van der Waals surface area contributed by atoms with Crippen LogP contribution in [0.5, 0.6) is 11.5 Å². The lowest BCUT2D eigenvalue weighted by molar-refractivity contribution is 0.466. The summed E-state index contributed by atoms with van der Waals surface area (Å²) in [6.07, 6.45) is 0. The molecule has 0 saturated carbocycles. The number of benzene rings is 2. The van der Waals surface area contributed by atoms with Gasteiger partial charge in [0.2, 0.25) is 0 Å². The molecule has 0 radical (unpaired) electrons. The Kier molecular flexibility index (Phi) is 5.68. The molecule has 4 heteroatoms. The Morgan fingerprint density at radius 2 is 1.90 bits per heavy atom. The van der Waals surface area contributed by atoms with Gasteiger partial charge >= 0.3 is 0 Å². The monoisotopic (exact) mass is 367 g/mol. The van der Waals surface area contributed by atoms with Crippen molar-refractivity contribution in [3.8, 4) is 11.5 Å². The Labute approximate surface area is 139 Å². The fourth-order valence-corrected chi connectivity index (χ4v) is 2.47. The highest BCUT2D eigenvalue weighted by atomic mass is 79.9. The molecule has 0 aromatic heterocycles. The van der Waals surface area contributed by atoms with Crippen LogP contribution in [-0.4, -0.2) is 6.04 Å². The number of aryl methyl sites for hydroxylation is 1. The van der Waals surface area contributed by atoms with Crippen molar-refractivity contribution in [1.29, 1.82) is 0 Å². The zero-order chi connectivity index (χ0) is 15.4. The van der Waals surface area contributed by atoms with Crippen LogP contribution >= 0.6 is 27.5 Å². The van der Waals surface area contributed by atoms with Gasteiger partial charge in [-0.15, -0.1) is 0 Å². The summed E-state index contributed by atoms with van der Waals surface area (Å²) in [6.45, 7) is 7.02. The van der Waals surface area contributed by atoms with Gasteiger partial charge in [-0.25, -0.2) is 0 Å². The summed E-state index contributed by atoms with van der Waals surface area (Å²) in [6, 6.07) is 12.1. The van der Waals surface area contributed by atoms with Gasteiger partial charge in [0.05, 0.1) is 0 Å². The highest BCUT2D eigenvalue weighted by Gasteiger charge is 2.09. The maximum absolute atomic E-state index is 6.06. The lowest BCUT2D eigenvalue weighted by Gasteiger charge is -2.15. The Hall–Kier alpha value is -1.03. The Morgan fingerprint density at radius 3 is 2.62 bits per heavy atom. The van der Waals surface area contributed by atoms with Gasteiger partial charge in [0, 0.05) is 27.6 Å². The molecular weight excluding hydrogens is 350 g/mol. The van der Waals surface area contributed by atoms with E-state index < -0.39 is 0 Å². The van der Waals surface area contributed by atoms with Crippen LogP contribution in [0.15, 0.2) is 40.9 Å². The van der Waals surface area contributed by atoms with Gasteiger partial charge in [-0.05, 0) is 42.8 Å². The summed E-state index contributed by atoms with van der Waals surface area (Å²) >= 11 is 9.56. The molecule has 0 heterocycles. The molecule has 0 bridgehead atoms. The maximum atomic E-state index is 6.06. The van der Waals surface area contributed by atoms with Gasteiger partial charge < -0.3 is 10.1 Å². The third-order valence-electron chi connectivity index (χ3n) is 3.09. The van der Waals surface area contributed by atoms with Crippen LogP contribution in [0.25, 0.3) is 0 Å². The zero-order valence-electron chi connectivity index (χ0n) is 12.4. The van der Waals surface area contributed by atoms with Crippen LogP contribution in [0.3, 0.4) is 0 Å². The summed E-state index contributed by atoms with van der Waals surface area (Å²) < 4.78 is 7.10. The van der Waals surface area contributed by atoms with Gasteiger partial charge in [0.15, 0.2) is 0 Å². The molecule has 0 aliphatic carbocycles. The molecule has 21 heavy (non-hydrogen) atoms. The lowest BCUT2D eigenvalue weighted by Crippen LogP contribution is -2.22. The van der Waals surface area contributed by atoms with E-state index in [-0.39, 0.29) is 0 Å². The summed E-state index contributed by atoms with van der Waals surface area (Å²) in [7, 11) is 0. The van der Waals surface area contributed by atoms with E-state index >= 15 is 0 Å². The van der Waals surface area contributed by atoms with Crippen LogP contribution in [0.4, 0.5) is 0 Å². The highest BCUT2D eigenvalue weighted by Crippen LogP contribution is 2.31. The molecule has 0 unspecified atom stereocenters. The van der Waals surface area contributed by atoms with E-state index in [1.54, 1.807) is 0 Å². The number of hydrogen-bond acceptors (Lipinski definition) is 2. The van der Waals surface area contributed by atoms with Crippen LogP contribution in [0.2, 0.25) is 5.02 Å². The van der Waals surface area contributed by atoms with Crippen molar-refractivity contribution in [1.82, 2.24) is 5.32 Å². The van der Waals surface area contributed by atoms with E-state index in [4.69, 9.17) is 16.3 Å². The molecule has 0 fully saturated rings. The largest absolute Gasteiger partial charge is 0.457 e. The van der Waals surface area contributed by atoms with E-state index in [1.165, 1.54) is 0 Å². The normalized spacial score (nSPS) is 11.0. The first kappa shape index (κ1) is 16.3. The molecule has 2 aromatic carbocycles. The zero-order valence-corrected chi connectivity index (χ0v) is 14.8. The Bertz CT molecular complexity index is 628. The van der Waals surface area contributed by atoms with Crippen LogP contribution in [0.1, 0.15) is 25.0 Å². The summed E-state index contributed by atoms with van der Waals surface area (Å²) in [5.41, 5.74) is 2.17. The van der Waals surface area contributed by atoms with Crippen molar-refractivity contribution in [2.45, 2.75) is 33.4 Å². The predicted molar refractivity (Wildman–Crippen MR) is 92.4 cm³/mol. The molecule has 2 rings (SSSR count). The standard InChI is InChI=1S/C17H19BrClNO/c1-11(2)20-10-13-8-14(18)5-7-16(13)21-17-9-15(19)6-4-12(17)3/h4-9,11,20H,10H2,1-3H3. The van der Waals surface area contributed by atoms with E-state index in [0.717, 1.165) is 33.6 Å². The topological polar surface area (TPSA) is 21.3 Å². The van der Waals surface area contributed by atoms with Crippen molar-refractivity contribution in [3.05, 3.63) is 57.0 Å². The van der Waals surface area contributed by atoms with E-state index in [0.29, 0.717) is 11.1 Å². The average Bonchev–Trinajstić information content (AvgIpc) is 2.43. The molecular formula is C17H19BrClNO. The third kappa shape index (κ3) is 4.73. The smallest absolute Gasteiger partial charge is 0.132 e. The summed E-state index contributed by atoms with van der Waals surface area (Å²) in [4.78, 5) is 0. The average molecular weight is 369 g/mol. The molecule has 112 valence electrons. The van der Waals surface area contributed by atoms with Crippen molar-refractivity contribution < 1.29 is 4.74 Å². The second-order valence-corrected chi connectivity index (χ2v) is 6.65. The maximum Gasteiger partial charge on any atom is 0.132 e. The van der Waals surface area contributed by atoms with Gasteiger partial charge in [-0.1, -0.05) is 47.4 Å². The fourth-order valence-electron chi connectivity index (χ4n) is 1.90. The van der Waals surface area contributed by atoms with Gasteiger partial charge in [-0.2, -0.15) is 0 Å².